The van der Waals surface area contributed by atoms with E-state index in [0.717, 1.165) is 10.8 Å². The van der Waals surface area contributed by atoms with Gasteiger partial charge in [0, 0.05) is 12.1 Å². The van der Waals surface area contributed by atoms with Crippen LogP contribution in [0, 0.1) is 0 Å². The minimum absolute atomic E-state index is 0.101. The number of benzene rings is 3. The maximum Gasteiger partial charge on any atom is 0.308 e. The Hall–Kier alpha value is -3.23. The lowest BCUT2D eigenvalue weighted by molar-refractivity contribution is -0.155. The Balaban J connectivity index is 1.60. The van der Waals surface area contributed by atoms with E-state index >= 15 is 0 Å². The number of ether oxygens (including phenoxy) is 1. The van der Waals surface area contributed by atoms with E-state index in [2.05, 4.69) is 4.72 Å². The summed E-state index contributed by atoms with van der Waals surface area (Å²) in [6.45, 7) is -0.172. The zero-order chi connectivity index (χ0) is 20.9. The van der Waals surface area contributed by atoms with Gasteiger partial charge in [0.2, 0.25) is 16.1 Å². The Morgan fingerprint density at radius 2 is 1.59 bits per heavy atom. The van der Waals surface area contributed by atoms with Crippen molar-refractivity contribution in [1.29, 1.82) is 0 Å². The average Bonchev–Trinajstić information content (AvgIpc) is 2.72. The zero-order valence-corrected chi connectivity index (χ0v) is 16.3. The van der Waals surface area contributed by atoms with Crippen LogP contribution in [-0.2, 0) is 24.3 Å². The van der Waals surface area contributed by atoms with Crippen LogP contribution in [0.5, 0.6) is 0 Å². The number of hydrogen-bond acceptors (Lipinski definition) is 5. The number of amides is 1. The molecule has 0 saturated carbocycles. The van der Waals surface area contributed by atoms with Gasteiger partial charge in [0.25, 0.3) is 5.91 Å². The molecule has 3 aromatic rings. The molecule has 0 aliphatic heterocycles. The normalized spacial score (nSPS) is 12.4. The fourth-order valence-corrected chi connectivity index (χ4v) is 3.88. The molecule has 0 fully saturated rings. The molecule has 1 amide bonds. The van der Waals surface area contributed by atoms with E-state index in [0.29, 0.717) is 5.56 Å². The van der Waals surface area contributed by atoms with Gasteiger partial charge in [0.15, 0.2) is 0 Å². The van der Waals surface area contributed by atoms with Crippen LogP contribution < -0.4 is 10.5 Å². The third kappa shape index (κ3) is 5.18. The van der Waals surface area contributed by atoms with Crippen LogP contribution in [0.15, 0.2) is 77.7 Å². The summed E-state index contributed by atoms with van der Waals surface area (Å²) in [5.74, 6) is -1.54. The summed E-state index contributed by atoms with van der Waals surface area (Å²) < 4.78 is 32.4. The lowest BCUT2D eigenvalue weighted by atomic mass is 10.1. The van der Waals surface area contributed by atoms with E-state index in [-0.39, 0.29) is 17.9 Å². The predicted molar refractivity (Wildman–Crippen MR) is 108 cm³/mol. The summed E-state index contributed by atoms with van der Waals surface area (Å²) in [4.78, 5) is 23.8. The van der Waals surface area contributed by atoms with Crippen LogP contribution in [0.3, 0.4) is 0 Å². The quantitative estimate of drug-likeness (QED) is 0.551. The van der Waals surface area contributed by atoms with E-state index in [1.165, 1.54) is 6.07 Å². The van der Waals surface area contributed by atoms with Crippen molar-refractivity contribution < 1.29 is 22.7 Å². The van der Waals surface area contributed by atoms with Gasteiger partial charge in [-0.3, -0.25) is 9.59 Å². The molecule has 0 aliphatic carbocycles. The van der Waals surface area contributed by atoms with Crippen molar-refractivity contribution in [2.45, 2.75) is 17.4 Å². The SMILES string of the molecule is NC(=O)C(OC(=O)CCNS(=O)(=O)c1ccc2ccccc2c1)c1ccccc1. The molecule has 150 valence electrons. The smallest absolute Gasteiger partial charge is 0.308 e. The standard InChI is InChI=1S/C21H20N2O5S/c22-21(25)20(16-7-2-1-3-8-16)28-19(24)12-13-23-29(26,27)18-11-10-15-6-4-5-9-17(15)14-18/h1-11,14,20,23H,12-13H2,(H2,22,25). The van der Waals surface area contributed by atoms with Crippen LogP contribution in [0.2, 0.25) is 0 Å². The number of nitrogens with two attached hydrogens (primary N) is 1. The van der Waals surface area contributed by atoms with Crippen LogP contribution in [0.1, 0.15) is 18.1 Å². The van der Waals surface area contributed by atoms with Gasteiger partial charge in [0.05, 0.1) is 11.3 Å². The number of primary amides is 1. The molecule has 8 heteroatoms. The highest BCUT2D eigenvalue weighted by Gasteiger charge is 2.22. The first-order valence-electron chi connectivity index (χ1n) is 8.89. The van der Waals surface area contributed by atoms with Crippen LogP contribution in [0.4, 0.5) is 0 Å². The van der Waals surface area contributed by atoms with Gasteiger partial charge in [0.1, 0.15) is 0 Å². The van der Waals surface area contributed by atoms with Gasteiger partial charge in [-0.2, -0.15) is 0 Å². The maximum absolute atomic E-state index is 12.5. The highest BCUT2D eigenvalue weighted by atomic mass is 32.2. The van der Waals surface area contributed by atoms with Crippen LogP contribution in [-0.4, -0.2) is 26.8 Å². The fourth-order valence-electron chi connectivity index (χ4n) is 2.81. The Bertz CT molecular complexity index is 1130. The van der Waals surface area contributed by atoms with Gasteiger partial charge in [-0.1, -0.05) is 60.7 Å². The molecule has 29 heavy (non-hydrogen) atoms. The molecule has 0 saturated heterocycles. The van der Waals surface area contributed by atoms with E-state index in [4.69, 9.17) is 10.5 Å². The molecule has 1 unspecified atom stereocenters. The molecular formula is C21H20N2O5S. The van der Waals surface area contributed by atoms with E-state index in [9.17, 15) is 18.0 Å². The molecular weight excluding hydrogens is 392 g/mol. The summed E-state index contributed by atoms with van der Waals surface area (Å²) in [5.41, 5.74) is 5.76. The van der Waals surface area contributed by atoms with E-state index in [1.54, 1.807) is 42.5 Å². The topological polar surface area (TPSA) is 116 Å². The summed E-state index contributed by atoms with van der Waals surface area (Å²) >= 11 is 0. The molecule has 0 bridgehead atoms. The number of sulfonamides is 1. The summed E-state index contributed by atoms with van der Waals surface area (Å²) in [7, 11) is -3.79. The second-order valence-corrected chi connectivity index (χ2v) is 8.11. The van der Waals surface area contributed by atoms with Gasteiger partial charge < -0.3 is 10.5 Å². The number of esters is 1. The first kappa shape index (κ1) is 20.5. The van der Waals surface area contributed by atoms with Crippen molar-refractivity contribution in [3.63, 3.8) is 0 Å². The van der Waals surface area contributed by atoms with Gasteiger partial charge in [-0.15, -0.1) is 0 Å². The first-order chi connectivity index (χ1) is 13.9. The molecule has 3 aromatic carbocycles. The number of carbonyl (C=O) groups excluding carboxylic acids is 2. The van der Waals surface area contributed by atoms with E-state index < -0.39 is 28.0 Å². The number of nitrogens with one attached hydrogen (secondary N) is 1. The van der Waals surface area contributed by atoms with Crippen molar-refractivity contribution in [2.75, 3.05) is 6.54 Å². The van der Waals surface area contributed by atoms with Crippen LogP contribution in [0.25, 0.3) is 10.8 Å². The minimum Gasteiger partial charge on any atom is -0.447 e. The van der Waals surface area contributed by atoms with E-state index in [1.807, 2.05) is 24.3 Å². The summed E-state index contributed by atoms with van der Waals surface area (Å²) in [5, 5.41) is 1.72. The number of hydrogen-bond donors (Lipinski definition) is 2. The Morgan fingerprint density at radius 1 is 0.931 bits per heavy atom. The number of fused-ring (bicyclic) bond motifs is 1. The zero-order valence-electron chi connectivity index (χ0n) is 15.4. The fraction of sp³-hybridized carbons (Fsp3) is 0.143. The largest absolute Gasteiger partial charge is 0.447 e. The summed E-state index contributed by atoms with van der Waals surface area (Å²) in [6.07, 6.45) is -1.47. The van der Waals surface area contributed by atoms with Crippen molar-refractivity contribution in [2.24, 2.45) is 5.73 Å². The molecule has 3 N–H and O–H groups in total. The summed E-state index contributed by atoms with van der Waals surface area (Å²) in [6, 6.07) is 20.6. The van der Waals surface area contributed by atoms with Crippen molar-refractivity contribution in [3.8, 4) is 0 Å². The monoisotopic (exact) mass is 412 g/mol. The van der Waals surface area contributed by atoms with Crippen molar-refractivity contribution in [1.82, 2.24) is 4.72 Å². The molecule has 0 aromatic heterocycles. The lowest BCUT2D eigenvalue weighted by Crippen LogP contribution is -2.29. The van der Waals surface area contributed by atoms with Gasteiger partial charge in [-0.05, 0) is 22.9 Å². The first-order valence-corrected chi connectivity index (χ1v) is 10.4. The van der Waals surface area contributed by atoms with Crippen LogP contribution >= 0.6 is 0 Å². The molecule has 0 aliphatic rings. The number of carbonyl (C=O) groups is 2. The highest BCUT2D eigenvalue weighted by molar-refractivity contribution is 7.89. The third-order valence-corrected chi connectivity index (χ3v) is 5.72. The molecule has 1 atom stereocenters. The maximum atomic E-state index is 12.5. The lowest BCUT2D eigenvalue weighted by Gasteiger charge is -2.15. The molecule has 3 rings (SSSR count). The van der Waals surface area contributed by atoms with Gasteiger partial charge in [-0.25, -0.2) is 13.1 Å². The van der Waals surface area contributed by atoms with Gasteiger partial charge >= 0.3 is 5.97 Å². The highest BCUT2D eigenvalue weighted by Crippen LogP contribution is 2.19. The van der Waals surface area contributed by atoms with Crippen molar-refractivity contribution in [3.05, 3.63) is 78.4 Å². The second-order valence-electron chi connectivity index (χ2n) is 6.34. The molecule has 0 spiro atoms. The molecule has 7 nitrogen and oxygen atoms in total. The van der Waals surface area contributed by atoms with Crippen molar-refractivity contribution >= 4 is 32.7 Å². The molecule has 0 radical (unpaired) electrons. The number of rotatable bonds is 8. The Labute approximate surface area is 168 Å². The molecule has 0 heterocycles. The average molecular weight is 412 g/mol. The Kier molecular flexibility index (Phi) is 6.26. The minimum atomic E-state index is -3.79. The third-order valence-electron chi connectivity index (χ3n) is 4.26. The predicted octanol–water partition coefficient (Wildman–Crippen LogP) is 2.28. The Morgan fingerprint density at radius 3 is 2.28 bits per heavy atom. The second kappa shape index (κ2) is 8.85.